The predicted molar refractivity (Wildman–Crippen MR) is 131 cm³/mol. The molecule has 2 heterocycles. The number of allylic oxidation sites excluding steroid dienone is 1. The molecule has 0 fully saturated rings. The van der Waals surface area contributed by atoms with Crippen molar-refractivity contribution in [3.05, 3.63) is 115 Å². The van der Waals surface area contributed by atoms with Crippen molar-refractivity contribution < 1.29 is 9.53 Å². The normalized spacial score (nSPS) is 15.9. The molecule has 0 unspecified atom stereocenters. The molecule has 0 aliphatic carbocycles. The van der Waals surface area contributed by atoms with E-state index in [1.54, 1.807) is 18.4 Å². The number of esters is 1. The number of rotatable bonds is 4. The number of ether oxygens (including phenoxy) is 1. The number of fused-ring (bicyclic) bond motifs is 2. The van der Waals surface area contributed by atoms with Gasteiger partial charge in [-0.05, 0) is 41.8 Å². The first-order valence-electron chi connectivity index (χ1n) is 10.8. The highest BCUT2D eigenvalue weighted by molar-refractivity contribution is 7.07. The lowest BCUT2D eigenvalue weighted by Crippen LogP contribution is -2.39. The zero-order valence-corrected chi connectivity index (χ0v) is 19.1. The van der Waals surface area contributed by atoms with Gasteiger partial charge < -0.3 is 4.74 Å². The lowest BCUT2D eigenvalue weighted by molar-refractivity contribution is -0.139. The van der Waals surface area contributed by atoms with Crippen LogP contribution in [0.4, 0.5) is 0 Å². The Hall–Kier alpha value is -3.77. The topological polar surface area (TPSA) is 60.7 Å². The second-order valence-electron chi connectivity index (χ2n) is 7.78. The molecular weight excluding hydrogens is 432 g/mol. The first kappa shape index (κ1) is 21.1. The van der Waals surface area contributed by atoms with Gasteiger partial charge in [0.15, 0.2) is 4.80 Å². The van der Waals surface area contributed by atoms with E-state index >= 15 is 0 Å². The van der Waals surface area contributed by atoms with Gasteiger partial charge in [-0.1, -0.05) is 84.1 Å². The standard InChI is InChI=1S/C27H22N2O3S/c1-3-32-26(31)23-17(2)28-27-29(24(23)19-11-5-4-6-12-19)25(30)22(33-27)16-20-14-9-13-18-10-7-8-15-21(18)20/h4-16,24H,3H2,1-2H3/b22-16-/t24-/m1/s1. The molecule has 1 aliphatic rings. The highest BCUT2D eigenvalue weighted by atomic mass is 32.1. The predicted octanol–water partition coefficient (Wildman–Crippen LogP) is 3.95. The molecule has 164 valence electrons. The van der Waals surface area contributed by atoms with Gasteiger partial charge in [0.1, 0.15) is 0 Å². The Bertz CT molecular complexity index is 1570. The second kappa shape index (κ2) is 8.64. The lowest BCUT2D eigenvalue weighted by Gasteiger charge is -2.24. The zero-order chi connectivity index (χ0) is 22.9. The van der Waals surface area contributed by atoms with E-state index in [9.17, 15) is 9.59 Å². The Labute approximate surface area is 194 Å². The van der Waals surface area contributed by atoms with Crippen LogP contribution in [-0.2, 0) is 9.53 Å². The maximum Gasteiger partial charge on any atom is 0.338 e. The third kappa shape index (κ3) is 3.72. The number of carbonyl (C=O) groups excluding carboxylic acids is 1. The molecule has 3 aromatic carbocycles. The molecule has 0 spiro atoms. The third-order valence-corrected chi connectivity index (χ3v) is 6.73. The summed E-state index contributed by atoms with van der Waals surface area (Å²) < 4.78 is 7.53. The van der Waals surface area contributed by atoms with Gasteiger partial charge in [0.05, 0.1) is 28.5 Å². The van der Waals surface area contributed by atoms with Gasteiger partial charge in [-0.2, -0.15) is 0 Å². The van der Waals surface area contributed by atoms with E-state index in [1.165, 1.54) is 11.3 Å². The molecule has 1 atom stereocenters. The van der Waals surface area contributed by atoms with Crippen LogP contribution >= 0.6 is 11.3 Å². The fourth-order valence-electron chi connectivity index (χ4n) is 4.26. The molecule has 33 heavy (non-hydrogen) atoms. The van der Waals surface area contributed by atoms with E-state index in [0.717, 1.165) is 21.9 Å². The zero-order valence-electron chi connectivity index (χ0n) is 18.3. The molecule has 0 saturated carbocycles. The van der Waals surface area contributed by atoms with Crippen molar-refractivity contribution in [3.63, 3.8) is 0 Å². The van der Waals surface area contributed by atoms with Crippen molar-refractivity contribution in [2.75, 3.05) is 6.61 Å². The maximum atomic E-state index is 13.7. The van der Waals surface area contributed by atoms with Crippen LogP contribution in [0.2, 0.25) is 0 Å². The van der Waals surface area contributed by atoms with Crippen molar-refractivity contribution in [2.24, 2.45) is 4.99 Å². The monoisotopic (exact) mass is 454 g/mol. The average Bonchev–Trinajstić information content (AvgIpc) is 3.13. The Kier molecular flexibility index (Phi) is 5.52. The van der Waals surface area contributed by atoms with Crippen molar-refractivity contribution >= 4 is 34.2 Å². The maximum absolute atomic E-state index is 13.7. The fraction of sp³-hybridized carbons (Fsp3) is 0.148. The number of hydrogen-bond acceptors (Lipinski definition) is 5. The van der Waals surface area contributed by atoms with Crippen molar-refractivity contribution in [1.29, 1.82) is 0 Å². The van der Waals surface area contributed by atoms with E-state index in [2.05, 4.69) is 17.1 Å². The first-order valence-corrected chi connectivity index (χ1v) is 11.6. The van der Waals surface area contributed by atoms with Gasteiger partial charge in [-0.15, -0.1) is 0 Å². The average molecular weight is 455 g/mol. The molecule has 5 rings (SSSR count). The summed E-state index contributed by atoms with van der Waals surface area (Å²) in [5.74, 6) is -0.448. The lowest BCUT2D eigenvalue weighted by atomic mass is 9.96. The Morgan fingerprint density at radius 3 is 2.58 bits per heavy atom. The third-order valence-electron chi connectivity index (χ3n) is 5.74. The van der Waals surface area contributed by atoms with E-state index in [1.807, 2.05) is 66.7 Å². The van der Waals surface area contributed by atoms with Crippen molar-refractivity contribution in [3.8, 4) is 0 Å². The summed E-state index contributed by atoms with van der Waals surface area (Å²) in [5, 5.41) is 2.19. The van der Waals surface area contributed by atoms with Crippen LogP contribution in [0.5, 0.6) is 0 Å². The summed E-state index contributed by atoms with van der Waals surface area (Å²) >= 11 is 1.34. The summed E-state index contributed by atoms with van der Waals surface area (Å²) in [6.45, 7) is 3.82. The molecule has 0 bridgehead atoms. The number of aromatic nitrogens is 1. The van der Waals surface area contributed by atoms with Crippen LogP contribution in [0.1, 0.15) is 31.0 Å². The molecule has 1 aliphatic heterocycles. The Morgan fingerprint density at radius 1 is 1.06 bits per heavy atom. The molecule has 0 saturated heterocycles. The molecule has 0 N–H and O–H groups in total. The molecular formula is C27H22N2O3S. The van der Waals surface area contributed by atoms with E-state index in [-0.39, 0.29) is 12.2 Å². The van der Waals surface area contributed by atoms with Gasteiger partial charge >= 0.3 is 5.97 Å². The quantitative estimate of drug-likeness (QED) is 0.439. The van der Waals surface area contributed by atoms with E-state index in [4.69, 9.17) is 4.74 Å². The Balaban J connectivity index is 1.75. The van der Waals surface area contributed by atoms with Crippen LogP contribution < -0.4 is 14.9 Å². The van der Waals surface area contributed by atoms with Gasteiger partial charge in [0, 0.05) is 0 Å². The van der Waals surface area contributed by atoms with Gasteiger partial charge in [0.25, 0.3) is 5.56 Å². The minimum absolute atomic E-state index is 0.171. The second-order valence-corrected chi connectivity index (χ2v) is 8.79. The molecule has 4 aromatic rings. The number of benzene rings is 3. The highest BCUT2D eigenvalue weighted by Gasteiger charge is 2.33. The summed E-state index contributed by atoms with van der Waals surface area (Å²) in [7, 11) is 0. The summed E-state index contributed by atoms with van der Waals surface area (Å²) in [5.41, 5.74) is 2.60. The summed E-state index contributed by atoms with van der Waals surface area (Å²) in [4.78, 5) is 31.8. The number of hydrogen-bond donors (Lipinski definition) is 0. The first-order chi connectivity index (χ1) is 16.1. The van der Waals surface area contributed by atoms with Crippen LogP contribution in [0.15, 0.2) is 93.9 Å². The van der Waals surface area contributed by atoms with Crippen molar-refractivity contribution in [2.45, 2.75) is 19.9 Å². The summed E-state index contributed by atoms with van der Waals surface area (Å²) in [6, 6.07) is 23.1. The van der Waals surface area contributed by atoms with Crippen molar-refractivity contribution in [1.82, 2.24) is 4.57 Å². The number of nitrogens with zero attached hydrogens (tertiary/aromatic N) is 2. The Morgan fingerprint density at radius 2 is 1.79 bits per heavy atom. The SMILES string of the molecule is CCOC(=O)C1=C(C)N=c2s/c(=C\c3cccc4ccccc34)c(=O)n2[C@@H]1c1ccccc1. The van der Waals surface area contributed by atoms with Crippen LogP contribution in [0.3, 0.4) is 0 Å². The van der Waals surface area contributed by atoms with Crippen LogP contribution in [0.25, 0.3) is 16.8 Å². The summed E-state index contributed by atoms with van der Waals surface area (Å²) in [6.07, 6.45) is 1.91. The molecule has 0 amide bonds. The highest BCUT2D eigenvalue weighted by Crippen LogP contribution is 2.30. The molecule has 6 heteroatoms. The van der Waals surface area contributed by atoms with Gasteiger partial charge in [0.2, 0.25) is 0 Å². The largest absolute Gasteiger partial charge is 0.463 e. The number of carbonyl (C=O) groups is 1. The van der Waals surface area contributed by atoms with E-state index < -0.39 is 12.0 Å². The molecule has 5 nitrogen and oxygen atoms in total. The minimum Gasteiger partial charge on any atom is -0.463 e. The molecule has 1 aromatic heterocycles. The van der Waals surface area contributed by atoms with Gasteiger partial charge in [-0.25, -0.2) is 9.79 Å². The fourth-order valence-corrected chi connectivity index (χ4v) is 5.30. The van der Waals surface area contributed by atoms with Crippen LogP contribution in [0, 0.1) is 0 Å². The smallest absolute Gasteiger partial charge is 0.338 e. The molecule has 0 radical (unpaired) electrons. The number of thiazole rings is 1. The van der Waals surface area contributed by atoms with Crippen LogP contribution in [-0.4, -0.2) is 17.1 Å². The minimum atomic E-state index is -0.587. The van der Waals surface area contributed by atoms with Gasteiger partial charge in [-0.3, -0.25) is 9.36 Å². The van der Waals surface area contributed by atoms with E-state index in [0.29, 0.717) is 20.6 Å².